The summed E-state index contributed by atoms with van der Waals surface area (Å²) in [5.74, 6) is 0.990. The van der Waals surface area contributed by atoms with E-state index in [9.17, 15) is 0 Å². The molecule has 0 unspecified atom stereocenters. The lowest BCUT2D eigenvalue weighted by Crippen LogP contribution is -2.46. The molecule has 0 N–H and O–H groups in total. The van der Waals surface area contributed by atoms with E-state index in [4.69, 9.17) is 4.74 Å². The van der Waals surface area contributed by atoms with Crippen molar-refractivity contribution in [3.05, 3.63) is 59.7 Å². The number of benzene rings is 2. The molecular weight excluding hydrogens is 272 g/mol. The van der Waals surface area contributed by atoms with Crippen LogP contribution >= 0.6 is 0 Å². The zero-order chi connectivity index (χ0) is 15.4. The molecule has 0 spiro atoms. The van der Waals surface area contributed by atoms with E-state index in [-0.39, 0.29) is 0 Å². The van der Waals surface area contributed by atoms with E-state index in [1.807, 2.05) is 12.1 Å². The zero-order valence-corrected chi connectivity index (χ0v) is 13.5. The molecule has 3 rings (SSSR count). The zero-order valence-electron chi connectivity index (χ0n) is 13.5. The largest absolute Gasteiger partial charge is 0.496 e. The van der Waals surface area contributed by atoms with Gasteiger partial charge in [-0.3, -0.25) is 4.90 Å². The molecule has 0 radical (unpaired) electrons. The third kappa shape index (κ3) is 3.25. The maximum Gasteiger partial charge on any atom is 0.123 e. The second kappa shape index (κ2) is 6.84. The van der Waals surface area contributed by atoms with Gasteiger partial charge >= 0.3 is 0 Å². The number of methoxy groups -OCH3 is 1. The highest BCUT2D eigenvalue weighted by Crippen LogP contribution is 2.23. The van der Waals surface area contributed by atoms with Gasteiger partial charge in [0.2, 0.25) is 0 Å². The summed E-state index contributed by atoms with van der Waals surface area (Å²) in [6, 6.07) is 17.0. The van der Waals surface area contributed by atoms with Gasteiger partial charge in [-0.15, -0.1) is 0 Å². The molecule has 1 heterocycles. The number of nitrogens with zero attached hydrogens (tertiary/aromatic N) is 2. The van der Waals surface area contributed by atoms with Crippen LogP contribution in [0.4, 0.5) is 5.69 Å². The van der Waals surface area contributed by atoms with Crippen molar-refractivity contribution in [1.29, 1.82) is 0 Å². The normalized spacial score (nSPS) is 15.8. The monoisotopic (exact) mass is 296 g/mol. The summed E-state index contributed by atoms with van der Waals surface area (Å²) in [6.45, 7) is 7.50. The van der Waals surface area contributed by atoms with Gasteiger partial charge in [0.25, 0.3) is 0 Å². The quantitative estimate of drug-likeness (QED) is 0.861. The first-order valence-corrected chi connectivity index (χ1v) is 7.93. The maximum atomic E-state index is 5.46. The Labute approximate surface area is 133 Å². The van der Waals surface area contributed by atoms with E-state index in [0.29, 0.717) is 0 Å². The van der Waals surface area contributed by atoms with Crippen molar-refractivity contribution in [2.45, 2.75) is 13.5 Å². The van der Waals surface area contributed by atoms with Crippen LogP contribution in [0.15, 0.2) is 48.5 Å². The van der Waals surface area contributed by atoms with E-state index < -0.39 is 0 Å². The van der Waals surface area contributed by atoms with Crippen LogP contribution in [-0.2, 0) is 6.54 Å². The van der Waals surface area contributed by atoms with Crippen molar-refractivity contribution in [2.75, 3.05) is 38.2 Å². The topological polar surface area (TPSA) is 15.7 Å². The summed E-state index contributed by atoms with van der Waals surface area (Å²) in [5.41, 5.74) is 4.01. The van der Waals surface area contributed by atoms with Crippen molar-refractivity contribution in [3.63, 3.8) is 0 Å². The molecule has 1 aliphatic rings. The molecule has 2 aromatic carbocycles. The second-order valence-corrected chi connectivity index (χ2v) is 5.86. The third-order valence-corrected chi connectivity index (χ3v) is 4.41. The standard InChI is InChI=1S/C19H24N2O/c1-16-7-3-5-9-18(16)21-13-11-20(12-14-21)15-17-8-4-6-10-19(17)22-2/h3-10H,11-15H2,1-2H3. The molecule has 0 amide bonds. The molecular formula is C19H24N2O. The van der Waals surface area contributed by atoms with E-state index in [2.05, 4.69) is 53.1 Å². The Kier molecular flexibility index (Phi) is 4.64. The minimum absolute atomic E-state index is 0.964. The molecule has 0 aliphatic carbocycles. The summed E-state index contributed by atoms with van der Waals surface area (Å²) in [6.07, 6.45) is 0. The first-order chi connectivity index (χ1) is 10.8. The highest BCUT2D eigenvalue weighted by atomic mass is 16.5. The van der Waals surface area contributed by atoms with Crippen LogP contribution in [0.2, 0.25) is 0 Å². The average Bonchev–Trinajstić information content (AvgIpc) is 2.57. The summed E-state index contributed by atoms with van der Waals surface area (Å²) in [7, 11) is 1.74. The van der Waals surface area contributed by atoms with Crippen LogP contribution in [0.3, 0.4) is 0 Å². The maximum absolute atomic E-state index is 5.46. The first-order valence-electron chi connectivity index (χ1n) is 7.93. The fraction of sp³-hybridized carbons (Fsp3) is 0.368. The molecule has 0 aromatic heterocycles. The third-order valence-electron chi connectivity index (χ3n) is 4.41. The fourth-order valence-electron chi connectivity index (χ4n) is 3.14. The van der Waals surface area contributed by atoms with E-state index in [1.165, 1.54) is 16.8 Å². The lowest BCUT2D eigenvalue weighted by Gasteiger charge is -2.37. The van der Waals surface area contributed by atoms with Gasteiger partial charge in [0, 0.05) is 44.0 Å². The minimum atomic E-state index is 0.964. The molecule has 0 bridgehead atoms. The van der Waals surface area contributed by atoms with Crippen LogP contribution in [0.5, 0.6) is 5.75 Å². The van der Waals surface area contributed by atoms with Gasteiger partial charge in [0.05, 0.1) is 7.11 Å². The number of para-hydroxylation sites is 2. The summed E-state index contributed by atoms with van der Waals surface area (Å²) in [4.78, 5) is 5.00. The Morgan fingerprint density at radius 3 is 2.32 bits per heavy atom. The minimum Gasteiger partial charge on any atom is -0.496 e. The van der Waals surface area contributed by atoms with E-state index in [0.717, 1.165) is 38.5 Å². The molecule has 0 atom stereocenters. The number of hydrogen-bond donors (Lipinski definition) is 0. The summed E-state index contributed by atoms with van der Waals surface area (Å²) in [5, 5.41) is 0. The molecule has 1 aliphatic heterocycles. The predicted molar refractivity (Wildman–Crippen MR) is 91.7 cm³/mol. The molecule has 2 aromatic rings. The summed E-state index contributed by atoms with van der Waals surface area (Å²) >= 11 is 0. The van der Waals surface area contributed by atoms with Crippen LogP contribution in [0, 0.1) is 6.92 Å². The predicted octanol–water partition coefficient (Wildman–Crippen LogP) is 3.33. The second-order valence-electron chi connectivity index (χ2n) is 5.86. The highest BCUT2D eigenvalue weighted by molar-refractivity contribution is 5.53. The Balaban J connectivity index is 1.61. The SMILES string of the molecule is COc1ccccc1CN1CCN(c2ccccc2C)CC1. The van der Waals surface area contributed by atoms with Gasteiger partial charge in [-0.1, -0.05) is 36.4 Å². The number of rotatable bonds is 4. The molecule has 1 fully saturated rings. The first kappa shape index (κ1) is 14.9. The van der Waals surface area contributed by atoms with Crippen molar-refractivity contribution >= 4 is 5.69 Å². The molecule has 22 heavy (non-hydrogen) atoms. The molecule has 3 heteroatoms. The average molecular weight is 296 g/mol. The molecule has 1 saturated heterocycles. The van der Waals surface area contributed by atoms with Gasteiger partial charge in [-0.2, -0.15) is 0 Å². The highest BCUT2D eigenvalue weighted by Gasteiger charge is 2.19. The molecule has 116 valence electrons. The molecule has 3 nitrogen and oxygen atoms in total. The number of anilines is 1. The van der Waals surface area contributed by atoms with Crippen molar-refractivity contribution in [3.8, 4) is 5.75 Å². The molecule has 0 saturated carbocycles. The smallest absolute Gasteiger partial charge is 0.123 e. The Hall–Kier alpha value is -2.00. The fourth-order valence-corrected chi connectivity index (χ4v) is 3.14. The van der Waals surface area contributed by atoms with Gasteiger partial charge in [-0.25, -0.2) is 0 Å². The van der Waals surface area contributed by atoms with E-state index in [1.54, 1.807) is 7.11 Å². The van der Waals surface area contributed by atoms with Gasteiger partial charge in [0.15, 0.2) is 0 Å². The van der Waals surface area contributed by atoms with Gasteiger partial charge in [0.1, 0.15) is 5.75 Å². The lowest BCUT2D eigenvalue weighted by molar-refractivity contribution is 0.246. The van der Waals surface area contributed by atoms with Gasteiger partial charge < -0.3 is 9.64 Å². The van der Waals surface area contributed by atoms with E-state index >= 15 is 0 Å². The number of ether oxygens (including phenoxy) is 1. The Morgan fingerprint density at radius 1 is 0.909 bits per heavy atom. The Morgan fingerprint density at radius 2 is 1.59 bits per heavy atom. The van der Waals surface area contributed by atoms with Crippen molar-refractivity contribution < 1.29 is 4.74 Å². The van der Waals surface area contributed by atoms with Crippen LogP contribution in [0.25, 0.3) is 0 Å². The number of hydrogen-bond acceptors (Lipinski definition) is 3. The van der Waals surface area contributed by atoms with Crippen LogP contribution in [0.1, 0.15) is 11.1 Å². The van der Waals surface area contributed by atoms with Crippen molar-refractivity contribution in [1.82, 2.24) is 4.90 Å². The van der Waals surface area contributed by atoms with Crippen LogP contribution in [-0.4, -0.2) is 38.2 Å². The lowest BCUT2D eigenvalue weighted by atomic mass is 10.1. The Bertz CT molecular complexity index is 618. The van der Waals surface area contributed by atoms with Crippen molar-refractivity contribution in [2.24, 2.45) is 0 Å². The van der Waals surface area contributed by atoms with Gasteiger partial charge in [-0.05, 0) is 24.6 Å². The van der Waals surface area contributed by atoms with Crippen LogP contribution < -0.4 is 9.64 Å². The number of piperazine rings is 1. The summed E-state index contributed by atoms with van der Waals surface area (Å²) < 4.78 is 5.46. The number of aryl methyl sites for hydroxylation is 1.